The van der Waals surface area contributed by atoms with Crippen molar-refractivity contribution in [1.29, 1.82) is 0 Å². The third-order valence-electron chi connectivity index (χ3n) is 3.41. The van der Waals surface area contributed by atoms with Crippen LogP contribution < -0.4 is 10.6 Å². The highest BCUT2D eigenvalue weighted by Crippen LogP contribution is 2.15. The summed E-state index contributed by atoms with van der Waals surface area (Å²) in [6.45, 7) is 5.92. The van der Waals surface area contributed by atoms with Crippen LogP contribution in [0.5, 0.6) is 0 Å². The molecule has 2 rings (SSSR count). The van der Waals surface area contributed by atoms with Crippen LogP contribution >= 0.6 is 0 Å². The van der Waals surface area contributed by atoms with Gasteiger partial charge in [-0.1, -0.05) is 6.92 Å². The molecule has 5 heteroatoms. The summed E-state index contributed by atoms with van der Waals surface area (Å²) >= 11 is 0. The first kappa shape index (κ1) is 13.1. The first-order chi connectivity index (χ1) is 8.65. The van der Waals surface area contributed by atoms with E-state index in [4.69, 9.17) is 0 Å². The minimum atomic E-state index is -0.0287. The molecule has 18 heavy (non-hydrogen) atoms. The molecule has 0 bridgehead atoms. The van der Waals surface area contributed by atoms with Crippen LogP contribution in [0.3, 0.4) is 0 Å². The first-order valence-corrected chi connectivity index (χ1v) is 6.64. The topological polar surface area (TPSA) is 59.0 Å². The minimum absolute atomic E-state index is 0.0287. The van der Waals surface area contributed by atoms with Gasteiger partial charge in [-0.2, -0.15) is 0 Å². The highest BCUT2D eigenvalue weighted by atomic mass is 16.2. The highest BCUT2D eigenvalue weighted by Gasteiger charge is 2.25. The number of imidazole rings is 1. The summed E-state index contributed by atoms with van der Waals surface area (Å²) in [5.74, 6) is 0.750. The van der Waals surface area contributed by atoms with E-state index in [2.05, 4.69) is 22.5 Å². The van der Waals surface area contributed by atoms with Crippen LogP contribution in [0.1, 0.15) is 26.7 Å². The average molecular weight is 250 g/mol. The molecule has 0 saturated carbocycles. The van der Waals surface area contributed by atoms with Gasteiger partial charge in [0.25, 0.3) is 0 Å². The molecule has 2 N–H and O–H groups in total. The van der Waals surface area contributed by atoms with E-state index in [1.165, 1.54) is 0 Å². The molecule has 1 aromatic rings. The third-order valence-corrected chi connectivity index (χ3v) is 3.41. The fourth-order valence-electron chi connectivity index (χ4n) is 2.41. The zero-order valence-corrected chi connectivity index (χ0v) is 11.1. The molecular weight excluding hydrogens is 228 g/mol. The summed E-state index contributed by atoms with van der Waals surface area (Å²) in [7, 11) is 0. The van der Waals surface area contributed by atoms with E-state index in [-0.39, 0.29) is 18.0 Å². The lowest BCUT2D eigenvalue weighted by Gasteiger charge is -2.28. The van der Waals surface area contributed by atoms with E-state index in [1.54, 1.807) is 12.5 Å². The lowest BCUT2D eigenvalue weighted by molar-refractivity contribution is -0.124. The summed E-state index contributed by atoms with van der Waals surface area (Å²) in [5.41, 5.74) is 0. The van der Waals surface area contributed by atoms with E-state index < -0.39 is 0 Å². The number of nitrogens with one attached hydrogen (secondary N) is 2. The Morgan fingerprint density at radius 2 is 2.50 bits per heavy atom. The van der Waals surface area contributed by atoms with Gasteiger partial charge in [0.2, 0.25) is 5.91 Å². The van der Waals surface area contributed by atoms with Crippen molar-refractivity contribution in [2.45, 2.75) is 45.3 Å². The number of carbonyl (C=O) groups excluding carboxylic acids is 1. The van der Waals surface area contributed by atoms with Crippen molar-refractivity contribution in [3.8, 4) is 0 Å². The number of nitrogens with zero attached hydrogens (tertiary/aromatic N) is 2. The van der Waals surface area contributed by atoms with Gasteiger partial charge in [0.15, 0.2) is 0 Å². The number of carbonyl (C=O) groups is 1. The SMILES string of the molecule is CC1CCNC(C(=O)NC(C)Cn2ccnc2)C1. The molecule has 1 saturated heterocycles. The molecule has 1 fully saturated rings. The number of aromatic nitrogens is 2. The van der Waals surface area contributed by atoms with Gasteiger partial charge in [0, 0.05) is 25.0 Å². The first-order valence-electron chi connectivity index (χ1n) is 6.64. The molecule has 0 spiro atoms. The second-order valence-corrected chi connectivity index (χ2v) is 5.31. The molecule has 0 aromatic carbocycles. The Balaban J connectivity index is 1.79. The summed E-state index contributed by atoms with van der Waals surface area (Å²) in [6, 6.07) is 0.0877. The summed E-state index contributed by atoms with van der Waals surface area (Å²) in [6.07, 6.45) is 7.52. The predicted molar refractivity (Wildman–Crippen MR) is 70.0 cm³/mol. The molecule has 0 radical (unpaired) electrons. The Hall–Kier alpha value is -1.36. The maximum Gasteiger partial charge on any atom is 0.237 e. The van der Waals surface area contributed by atoms with E-state index in [0.717, 1.165) is 25.9 Å². The monoisotopic (exact) mass is 250 g/mol. The molecular formula is C13H22N4O. The van der Waals surface area contributed by atoms with Crippen molar-refractivity contribution in [3.63, 3.8) is 0 Å². The van der Waals surface area contributed by atoms with Crippen LogP contribution in [0.2, 0.25) is 0 Å². The molecule has 1 amide bonds. The Morgan fingerprint density at radius 3 is 3.17 bits per heavy atom. The van der Waals surface area contributed by atoms with E-state index in [9.17, 15) is 4.79 Å². The molecule has 1 aromatic heterocycles. The van der Waals surface area contributed by atoms with Crippen molar-refractivity contribution in [2.24, 2.45) is 5.92 Å². The van der Waals surface area contributed by atoms with Crippen LogP contribution in [0.15, 0.2) is 18.7 Å². The second kappa shape index (κ2) is 6.00. The fraction of sp³-hybridized carbons (Fsp3) is 0.692. The van der Waals surface area contributed by atoms with Gasteiger partial charge < -0.3 is 15.2 Å². The van der Waals surface area contributed by atoms with Gasteiger partial charge in [-0.3, -0.25) is 4.79 Å². The zero-order chi connectivity index (χ0) is 13.0. The van der Waals surface area contributed by atoms with Gasteiger partial charge in [0.05, 0.1) is 12.4 Å². The summed E-state index contributed by atoms with van der Waals surface area (Å²) in [5, 5.41) is 6.34. The number of rotatable bonds is 4. The van der Waals surface area contributed by atoms with Crippen LogP contribution in [0, 0.1) is 5.92 Å². The van der Waals surface area contributed by atoms with E-state index in [0.29, 0.717) is 5.92 Å². The summed E-state index contributed by atoms with van der Waals surface area (Å²) in [4.78, 5) is 16.1. The highest BCUT2D eigenvalue weighted by molar-refractivity contribution is 5.82. The van der Waals surface area contributed by atoms with Crippen molar-refractivity contribution in [1.82, 2.24) is 20.2 Å². The Labute approximate surface area is 108 Å². The number of amides is 1. The maximum absolute atomic E-state index is 12.1. The van der Waals surface area contributed by atoms with Gasteiger partial charge >= 0.3 is 0 Å². The number of piperidine rings is 1. The van der Waals surface area contributed by atoms with Crippen LogP contribution in [0.4, 0.5) is 0 Å². The molecule has 100 valence electrons. The average Bonchev–Trinajstić information content (AvgIpc) is 2.81. The molecule has 0 aliphatic carbocycles. The van der Waals surface area contributed by atoms with Gasteiger partial charge in [-0.05, 0) is 32.2 Å². The smallest absolute Gasteiger partial charge is 0.237 e. The van der Waals surface area contributed by atoms with Crippen molar-refractivity contribution < 1.29 is 4.79 Å². The van der Waals surface area contributed by atoms with Crippen molar-refractivity contribution in [3.05, 3.63) is 18.7 Å². The third kappa shape index (κ3) is 3.57. The van der Waals surface area contributed by atoms with Crippen molar-refractivity contribution in [2.75, 3.05) is 6.54 Å². The lowest BCUT2D eigenvalue weighted by Crippen LogP contribution is -2.51. The molecule has 1 aliphatic heterocycles. The molecule has 3 atom stereocenters. The minimum Gasteiger partial charge on any atom is -0.350 e. The second-order valence-electron chi connectivity index (χ2n) is 5.31. The van der Waals surface area contributed by atoms with Crippen LogP contribution in [-0.2, 0) is 11.3 Å². The summed E-state index contributed by atoms with van der Waals surface area (Å²) < 4.78 is 1.97. The fourth-order valence-corrected chi connectivity index (χ4v) is 2.41. The van der Waals surface area contributed by atoms with Crippen molar-refractivity contribution >= 4 is 5.91 Å². The van der Waals surface area contributed by atoms with E-state index in [1.807, 2.05) is 17.7 Å². The molecule has 3 unspecified atom stereocenters. The van der Waals surface area contributed by atoms with Gasteiger partial charge in [-0.15, -0.1) is 0 Å². The van der Waals surface area contributed by atoms with Crippen LogP contribution in [0.25, 0.3) is 0 Å². The molecule has 5 nitrogen and oxygen atoms in total. The van der Waals surface area contributed by atoms with E-state index >= 15 is 0 Å². The quantitative estimate of drug-likeness (QED) is 0.830. The van der Waals surface area contributed by atoms with Gasteiger partial charge in [0.1, 0.15) is 0 Å². The largest absolute Gasteiger partial charge is 0.350 e. The zero-order valence-electron chi connectivity index (χ0n) is 11.1. The standard InChI is InChI=1S/C13H22N4O/c1-10-3-4-15-12(7-10)13(18)16-11(2)8-17-6-5-14-9-17/h5-6,9-12,15H,3-4,7-8H2,1-2H3,(H,16,18). The predicted octanol–water partition coefficient (Wildman–Crippen LogP) is 0.776. The lowest BCUT2D eigenvalue weighted by atomic mass is 9.94. The number of hydrogen-bond donors (Lipinski definition) is 2. The Morgan fingerprint density at radius 1 is 1.67 bits per heavy atom. The normalized spacial score (nSPS) is 25.7. The maximum atomic E-state index is 12.1. The number of hydrogen-bond acceptors (Lipinski definition) is 3. The van der Waals surface area contributed by atoms with Gasteiger partial charge in [-0.25, -0.2) is 4.98 Å². The Bertz CT molecular complexity index is 376. The molecule has 2 heterocycles. The van der Waals surface area contributed by atoms with Crippen LogP contribution in [-0.4, -0.2) is 34.1 Å². The Kier molecular flexibility index (Phi) is 4.36. The molecule has 1 aliphatic rings.